The number of methoxy groups -OCH3 is 3. The zero-order valence-corrected chi connectivity index (χ0v) is 43.6. The summed E-state index contributed by atoms with van der Waals surface area (Å²) in [5.41, 5.74) is 2.09. The summed E-state index contributed by atoms with van der Waals surface area (Å²) < 4.78 is 31.8. The van der Waals surface area contributed by atoms with Crippen LogP contribution in [0.25, 0.3) is 0 Å². The van der Waals surface area contributed by atoms with Gasteiger partial charge in [-0.3, -0.25) is 19.2 Å². The highest BCUT2D eigenvalue weighted by molar-refractivity contribution is 6.39. The van der Waals surface area contributed by atoms with Crippen LogP contribution in [0.5, 0.6) is 0 Å². The Morgan fingerprint density at radius 2 is 1.64 bits per heavy atom. The number of aliphatic hydroxyl groups excluding tert-OH is 1. The molecule has 0 aromatic carbocycles. The second-order valence-electron chi connectivity index (χ2n) is 20.9. The molecule has 15 atom stereocenters. The summed E-state index contributed by atoms with van der Waals surface area (Å²) in [4.78, 5) is 72.4. The average Bonchev–Trinajstić information content (AvgIpc) is 3.78. The number of nitrogens with zero attached hydrogens (tertiary/aromatic N) is 4. The highest BCUT2D eigenvalue weighted by Crippen LogP contribution is 2.39. The van der Waals surface area contributed by atoms with Crippen LogP contribution >= 0.6 is 0 Å². The minimum Gasteiger partial charge on any atom is -0.460 e. The molecule has 1 aliphatic carbocycles. The monoisotopic (exact) mass is 977 g/mol. The zero-order valence-electron chi connectivity index (χ0n) is 43.6. The van der Waals surface area contributed by atoms with Crippen molar-refractivity contribution in [3.63, 3.8) is 0 Å². The van der Waals surface area contributed by atoms with Crippen molar-refractivity contribution in [1.29, 1.82) is 0 Å². The molecule has 2 saturated heterocycles. The molecule has 0 spiro atoms. The van der Waals surface area contributed by atoms with Gasteiger partial charge in [-0.25, -0.2) is 9.48 Å². The van der Waals surface area contributed by atoms with Gasteiger partial charge in [-0.15, -0.1) is 5.10 Å². The Morgan fingerprint density at radius 3 is 2.31 bits per heavy atom. The van der Waals surface area contributed by atoms with Crippen LogP contribution in [0.1, 0.15) is 132 Å². The number of cyclic esters (lactones) is 1. The molecule has 16 nitrogen and oxygen atoms in total. The van der Waals surface area contributed by atoms with E-state index in [1.54, 1.807) is 41.1 Å². The molecule has 17 heteroatoms. The van der Waals surface area contributed by atoms with Gasteiger partial charge in [0.1, 0.15) is 30.1 Å². The number of Topliss-reactive ketones (excluding diaryl/α,β-unsaturated/α-hetero) is 3. The van der Waals surface area contributed by atoms with E-state index in [2.05, 4.69) is 10.3 Å². The molecule has 3 aliphatic heterocycles. The van der Waals surface area contributed by atoms with Crippen LogP contribution in [0.2, 0.25) is 0 Å². The first-order valence-corrected chi connectivity index (χ1v) is 25.6. The van der Waals surface area contributed by atoms with Crippen LogP contribution in [0.4, 0.5) is 0 Å². The van der Waals surface area contributed by atoms with Crippen LogP contribution in [0.3, 0.4) is 0 Å². The van der Waals surface area contributed by atoms with Crippen LogP contribution < -0.4 is 5.59 Å². The molecule has 1 aromatic heterocycles. The third-order valence-corrected chi connectivity index (χ3v) is 15.4. The van der Waals surface area contributed by atoms with Gasteiger partial charge in [0.2, 0.25) is 5.79 Å². The Bertz CT molecular complexity index is 2090. The lowest BCUT2D eigenvalue weighted by atomic mass is 9.77. The Kier molecular flexibility index (Phi) is 21.1. The lowest BCUT2D eigenvalue weighted by Crippen LogP contribution is -2.61. The SMILES string of the molecule is Bc1cn([C@H]2CC[C@@H](C[C@@H](C)[C@@H]3CC(=O)[C@H](C)/C=C(\C)[C@@H](O)[C@@H](OC)C(=O)[C@H](C)C[C@H](C)/C=C/C=C/C=C(\C)[C@@H](OC)C[C@@H]4CC[C@@H](C)[C@@](O)(O4)C(=O)C(=O)N4CCCC[C@H]4C(=O)O3)C[C@H]2OC)nn1. The first-order chi connectivity index (χ1) is 33.2. The number of fused-ring (bicyclic) bond motifs is 3. The normalized spacial score (nSPS) is 38.4. The minimum atomic E-state index is -2.43. The largest absolute Gasteiger partial charge is 0.460 e. The highest BCUT2D eigenvalue weighted by Gasteiger charge is 2.53. The molecule has 1 amide bonds. The number of esters is 1. The fourth-order valence-corrected chi connectivity index (χ4v) is 10.9. The first-order valence-electron chi connectivity index (χ1n) is 25.6. The van der Waals surface area contributed by atoms with Gasteiger partial charge in [-0.1, -0.05) is 76.3 Å². The Morgan fingerprint density at radius 1 is 0.900 bits per heavy atom. The van der Waals surface area contributed by atoms with E-state index in [1.165, 1.54) is 12.0 Å². The van der Waals surface area contributed by atoms with Gasteiger partial charge in [0.25, 0.3) is 11.7 Å². The molecular weight excluding hydrogens is 895 g/mol. The number of carbonyl (C=O) groups is 5. The van der Waals surface area contributed by atoms with Crippen molar-refractivity contribution in [1.82, 2.24) is 19.9 Å². The highest BCUT2D eigenvalue weighted by atomic mass is 16.6. The number of ether oxygens (including phenoxy) is 5. The quantitative estimate of drug-likeness (QED) is 0.161. The lowest BCUT2D eigenvalue weighted by molar-refractivity contribution is -0.265. The lowest BCUT2D eigenvalue weighted by Gasteiger charge is -2.42. The smallest absolute Gasteiger partial charge is 0.329 e. The predicted molar refractivity (Wildman–Crippen MR) is 266 cm³/mol. The summed E-state index contributed by atoms with van der Waals surface area (Å²) >= 11 is 0. The molecule has 0 radical (unpaired) electrons. The van der Waals surface area contributed by atoms with E-state index in [0.29, 0.717) is 56.9 Å². The maximum atomic E-state index is 14.5. The number of amides is 1. The third kappa shape index (κ3) is 14.3. The number of hydrogen-bond acceptors (Lipinski definition) is 14. The predicted octanol–water partition coefficient (Wildman–Crippen LogP) is 4.91. The van der Waals surface area contributed by atoms with Crippen molar-refractivity contribution in [3.05, 3.63) is 53.8 Å². The topological polar surface area (TPSA) is 206 Å². The van der Waals surface area contributed by atoms with Crippen molar-refractivity contribution in [3.8, 4) is 0 Å². The zero-order chi connectivity index (χ0) is 51.4. The Labute approximate surface area is 416 Å². The summed E-state index contributed by atoms with van der Waals surface area (Å²) in [6, 6.07) is -1.13. The molecule has 388 valence electrons. The van der Waals surface area contributed by atoms with E-state index in [0.717, 1.165) is 24.0 Å². The van der Waals surface area contributed by atoms with Gasteiger partial charge in [0.05, 0.1) is 24.4 Å². The van der Waals surface area contributed by atoms with Gasteiger partial charge in [0, 0.05) is 70.3 Å². The number of rotatable bonds is 7. The molecule has 4 heterocycles. The summed E-state index contributed by atoms with van der Waals surface area (Å²) in [6.45, 7) is 12.8. The molecular formula is C53H81BN4O12. The molecule has 4 aliphatic rings. The van der Waals surface area contributed by atoms with E-state index in [9.17, 15) is 34.2 Å². The van der Waals surface area contributed by atoms with Gasteiger partial charge < -0.3 is 38.8 Å². The first kappa shape index (κ1) is 56.8. The van der Waals surface area contributed by atoms with E-state index >= 15 is 0 Å². The van der Waals surface area contributed by atoms with Crippen molar-refractivity contribution in [2.75, 3.05) is 27.9 Å². The Balaban J connectivity index is 1.46. The molecule has 5 rings (SSSR count). The van der Waals surface area contributed by atoms with Crippen LogP contribution in [-0.2, 0) is 47.7 Å². The van der Waals surface area contributed by atoms with Crippen molar-refractivity contribution in [2.24, 2.45) is 35.5 Å². The fraction of sp³-hybridized carbons (Fsp3) is 0.717. The summed E-state index contributed by atoms with van der Waals surface area (Å²) in [5, 5.41) is 32.0. The van der Waals surface area contributed by atoms with Crippen LogP contribution in [0.15, 0.2) is 53.8 Å². The number of allylic oxidation sites excluding steroid dienone is 6. The second-order valence-corrected chi connectivity index (χ2v) is 20.9. The molecule has 0 unspecified atom stereocenters. The second kappa shape index (κ2) is 26.0. The van der Waals surface area contributed by atoms with Crippen LogP contribution in [0, 0.1) is 35.5 Å². The summed E-state index contributed by atoms with van der Waals surface area (Å²) in [5.74, 6) is -7.85. The van der Waals surface area contributed by atoms with Gasteiger partial charge in [-0.2, -0.15) is 0 Å². The molecule has 2 bridgehead atoms. The number of aromatic nitrogens is 3. The molecule has 1 aromatic rings. The summed E-state index contributed by atoms with van der Waals surface area (Å²) in [6.07, 6.45) is 14.5. The van der Waals surface area contributed by atoms with Gasteiger partial charge in [-0.05, 0) is 107 Å². The average molecular weight is 977 g/mol. The maximum absolute atomic E-state index is 14.5. The molecule has 1 saturated carbocycles. The van der Waals surface area contributed by atoms with Crippen molar-refractivity contribution in [2.45, 2.75) is 180 Å². The molecule has 70 heavy (non-hydrogen) atoms. The van der Waals surface area contributed by atoms with Crippen molar-refractivity contribution >= 4 is 42.7 Å². The number of aliphatic hydroxyl groups is 2. The van der Waals surface area contributed by atoms with E-state index in [1.807, 2.05) is 76.8 Å². The van der Waals surface area contributed by atoms with Gasteiger partial charge in [0.15, 0.2) is 13.6 Å². The maximum Gasteiger partial charge on any atom is 0.329 e. The van der Waals surface area contributed by atoms with Crippen LogP contribution in [-0.4, -0.2) is 144 Å². The molecule has 3 fully saturated rings. The summed E-state index contributed by atoms with van der Waals surface area (Å²) in [7, 11) is 6.55. The van der Waals surface area contributed by atoms with Gasteiger partial charge >= 0.3 is 5.97 Å². The minimum absolute atomic E-state index is 0.00493. The number of ketones is 3. The standard InChI is InChI=1S/C53H81BN4O12/c1-31-16-12-11-13-17-32(2)43(66-8)28-39-21-19-37(7)53(65,70-39)50(62)51(63)57-23-15-14-18-41(57)52(64)69-44(29-42(59)33(3)25-36(6)48(61)49(68-10)47(60)35(5)24-31)34(4)26-38-20-22-40(45(27-38)67-9)58-30-46(54)55-56-58/h11-13,16-17,25,30-31,33-35,37-41,43-45,48-49,61,65H,14-15,18-24,26-29,54H2,1-10H3/b13-11+,16-12+,32-17+,36-25+/t31-,33-,34-,35-,37-,38+,39+,40+,41+,43+,44+,45-,48-,49+,53-/m1/s1. The fourth-order valence-electron chi connectivity index (χ4n) is 10.9. The van der Waals surface area contributed by atoms with E-state index in [-0.39, 0.29) is 60.9 Å². The van der Waals surface area contributed by atoms with E-state index < -0.39 is 77.8 Å². The van der Waals surface area contributed by atoms with E-state index in [4.69, 9.17) is 23.7 Å². The van der Waals surface area contributed by atoms with Crippen molar-refractivity contribution < 1.29 is 57.9 Å². The number of piperidine rings is 1. The number of hydrogen-bond donors (Lipinski definition) is 2. The molecule has 2 N–H and O–H groups in total. The number of carbonyl (C=O) groups excluding carboxylic acids is 5. The third-order valence-electron chi connectivity index (χ3n) is 15.4. The Hall–Kier alpha value is -4.13.